The summed E-state index contributed by atoms with van der Waals surface area (Å²) in [6.07, 6.45) is 6.16. The van der Waals surface area contributed by atoms with Crippen molar-refractivity contribution in [3.63, 3.8) is 0 Å². The lowest BCUT2D eigenvalue weighted by molar-refractivity contribution is -0.132. The Labute approximate surface area is 194 Å². The first-order valence-electron chi connectivity index (χ1n) is 12.2. The molecule has 1 aliphatic carbocycles. The number of hydrogen-bond donors (Lipinski definition) is 1. The van der Waals surface area contributed by atoms with Gasteiger partial charge in [0.2, 0.25) is 5.91 Å². The molecule has 1 saturated carbocycles. The average molecular weight is 443 g/mol. The third-order valence-corrected chi connectivity index (χ3v) is 7.96. The molecule has 33 heavy (non-hydrogen) atoms. The Bertz CT molecular complexity index is 1190. The summed E-state index contributed by atoms with van der Waals surface area (Å²) >= 11 is 0. The van der Waals surface area contributed by atoms with Crippen molar-refractivity contribution in [3.8, 4) is 11.1 Å². The normalized spacial score (nSPS) is 21.9. The topological polar surface area (TPSA) is 56.1 Å². The molecule has 170 valence electrons. The highest BCUT2D eigenvalue weighted by Crippen LogP contribution is 2.38. The van der Waals surface area contributed by atoms with Crippen molar-refractivity contribution in [2.75, 3.05) is 62.2 Å². The Morgan fingerprint density at radius 2 is 1.70 bits per heavy atom. The highest BCUT2D eigenvalue weighted by atomic mass is 16.2. The number of carbonyl (C=O) groups is 1. The molecule has 1 spiro atoms. The molecule has 0 bridgehead atoms. The number of piperazine rings is 1. The number of fused-ring (bicyclic) bond motifs is 1. The number of rotatable bonds is 4. The number of benzene rings is 1. The van der Waals surface area contributed by atoms with Crippen LogP contribution in [0.25, 0.3) is 16.6 Å². The van der Waals surface area contributed by atoms with Crippen LogP contribution >= 0.6 is 0 Å². The second kappa shape index (κ2) is 7.22. The van der Waals surface area contributed by atoms with Gasteiger partial charge in [-0.05, 0) is 42.7 Å². The van der Waals surface area contributed by atoms with Crippen molar-refractivity contribution in [1.82, 2.24) is 19.8 Å². The number of aromatic nitrogens is 2. The molecular weight excluding hydrogens is 412 g/mol. The van der Waals surface area contributed by atoms with Crippen LogP contribution in [0.1, 0.15) is 12.8 Å². The lowest BCUT2D eigenvalue weighted by Gasteiger charge is -2.57. The zero-order valence-corrected chi connectivity index (χ0v) is 18.9. The number of hydrogen-bond acceptors (Lipinski definition) is 5. The number of amides is 1. The molecule has 1 aromatic carbocycles. The van der Waals surface area contributed by atoms with Gasteiger partial charge in [-0.3, -0.25) is 4.79 Å². The van der Waals surface area contributed by atoms with Gasteiger partial charge in [0.1, 0.15) is 0 Å². The Morgan fingerprint density at radius 3 is 2.36 bits per heavy atom. The quantitative estimate of drug-likeness (QED) is 0.673. The van der Waals surface area contributed by atoms with Crippen LogP contribution in [0.2, 0.25) is 0 Å². The third kappa shape index (κ3) is 3.29. The minimum Gasteiger partial charge on any atom is -0.370 e. The van der Waals surface area contributed by atoms with Crippen molar-refractivity contribution >= 4 is 22.8 Å². The highest BCUT2D eigenvalue weighted by molar-refractivity contribution is 5.82. The van der Waals surface area contributed by atoms with E-state index in [0.717, 1.165) is 44.5 Å². The second-order valence-electron chi connectivity index (χ2n) is 10.4. The molecule has 1 N–H and O–H groups in total. The Kier molecular flexibility index (Phi) is 4.25. The zero-order valence-electron chi connectivity index (χ0n) is 18.9. The van der Waals surface area contributed by atoms with Gasteiger partial charge < -0.3 is 20.0 Å². The van der Waals surface area contributed by atoms with Crippen LogP contribution in [0.15, 0.2) is 48.8 Å². The maximum Gasteiger partial charge on any atom is 0.225 e. The fourth-order valence-electron chi connectivity index (χ4n) is 5.69. The van der Waals surface area contributed by atoms with Gasteiger partial charge in [-0.15, -0.1) is 0 Å². The van der Waals surface area contributed by atoms with E-state index >= 15 is 0 Å². The number of nitrogens with zero attached hydrogens (tertiary/aromatic N) is 5. The maximum absolute atomic E-state index is 12.4. The molecule has 7 rings (SSSR count). The van der Waals surface area contributed by atoms with Crippen LogP contribution in [0.5, 0.6) is 0 Å². The summed E-state index contributed by atoms with van der Waals surface area (Å²) in [5.74, 6) is 0.668. The molecule has 7 heteroatoms. The predicted octanol–water partition coefficient (Wildman–Crippen LogP) is 2.47. The minimum absolute atomic E-state index is 0.307. The first-order chi connectivity index (χ1) is 16.2. The van der Waals surface area contributed by atoms with Crippen molar-refractivity contribution in [3.05, 3.63) is 48.8 Å². The standard InChI is InChI=1S/C26H30N6O/c33-25(20-1-2-20)30-11-9-29(10-12-30)23-7-8-28-32-14-21(13-24(23)32)19-3-5-22(6-4-19)31-17-26(18-31)15-27-16-26/h3-8,13-14,20,27H,1-2,9-12,15-18H2. The fourth-order valence-corrected chi connectivity index (χ4v) is 5.69. The summed E-state index contributed by atoms with van der Waals surface area (Å²) in [5, 5.41) is 7.97. The summed E-state index contributed by atoms with van der Waals surface area (Å²) in [6, 6.07) is 13.3. The molecular formula is C26H30N6O. The van der Waals surface area contributed by atoms with Crippen LogP contribution < -0.4 is 15.1 Å². The second-order valence-corrected chi connectivity index (χ2v) is 10.4. The van der Waals surface area contributed by atoms with Crippen molar-refractivity contribution in [1.29, 1.82) is 0 Å². The highest BCUT2D eigenvalue weighted by Gasteiger charge is 2.47. The monoisotopic (exact) mass is 442 g/mol. The minimum atomic E-state index is 0.307. The maximum atomic E-state index is 12.4. The Balaban J connectivity index is 1.09. The fraction of sp³-hybridized carbons (Fsp3) is 0.462. The van der Waals surface area contributed by atoms with Gasteiger partial charge in [-0.2, -0.15) is 5.10 Å². The van der Waals surface area contributed by atoms with E-state index in [1.54, 1.807) is 0 Å². The summed E-state index contributed by atoms with van der Waals surface area (Å²) in [6.45, 7) is 8.05. The molecule has 4 fully saturated rings. The molecule has 5 heterocycles. The summed E-state index contributed by atoms with van der Waals surface area (Å²) in [5.41, 5.74) is 6.59. The first-order valence-corrected chi connectivity index (χ1v) is 12.2. The molecule has 0 unspecified atom stereocenters. The van der Waals surface area contributed by atoms with Gasteiger partial charge in [0.05, 0.1) is 11.2 Å². The van der Waals surface area contributed by atoms with Crippen molar-refractivity contribution in [2.24, 2.45) is 11.3 Å². The summed E-state index contributed by atoms with van der Waals surface area (Å²) in [4.78, 5) is 19.3. The molecule has 3 aromatic rings. The van der Waals surface area contributed by atoms with Gasteiger partial charge in [0.25, 0.3) is 0 Å². The van der Waals surface area contributed by atoms with Gasteiger partial charge >= 0.3 is 0 Å². The Hall–Kier alpha value is -3.06. The zero-order chi connectivity index (χ0) is 22.0. The number of anilines is 2. The average Bonchev–Trinajstić information content (AvgIpc) is 3.55. The Morgan fingerprint density at radius 1 is 0.939 bits per heavy atom. The van der Waals surface area contributed by atoms with Crippen LogP contribution in [-0.2, 0) is 4.79 Å². The third-order valence-electron chi connectivity index (χ3n) is 7.96. The molecule has 2 aromatic heterocycles. The molecule has 4 aliphatic rings. The van der Waals surface area contributed by atoms with E-state index < -0.39 is 0 Å². The lowest BCUT2D eigenvalue weighted by Crippen LogP contribution is -2.71. The van der Waals surface area contributed by atoms with Crippen molar-refractivity contribution < 1.29 is 4.79 Å². The molecule has 0 atom stereocenters. The predicted molar refractivity (Wildman–Crippen MR) is 130 cm³/mol. The van der Waals surface area contributed by atoms with Crippen LogP contribution in [0.4, 0.5) is 11.4 Å². The smallest absolute Gasteiger partial charge is 0.225 e. The van der Waals surface area contributed by atoms with E-state index in [0.29, 0.717) is 17.2 Å². The van der Waals surface area contributed by atoms with E-state index in [9.17, 15) is 4.79 Å². The number of nitrogens with one attached hydrogen (secondary N) is 1. The van der Waals surface area contributed by atoms with Crippen molar-refractivity contribution in [2.45, 2.75) is 12.8 Å². The molecule has 1 amide bonds. The van der Waals surface area contributed by atoms with Gasteiger partial charge in [0.15, 0.2) is 0 Å². The number of carbonyl (C=O) groups excluding carboxylic acids is 1. The van der Waals surface area contributed by atoms with Gasteiger partial charge in [-0.1, -0.05) is 12.1 Å². The van der Waals surface area contributed by atoms with E-state index in [4.69, 9.17) is 0 Å². The summed E-state index contributed by atoms with van der Waals surface area (Å²) in [7, 11) is 0. The van der Waals surface area contributed by atoms with Gasteiger partial charge in [-0.25, -0.2) is 4.52 Å². The van der Waals surface area contributed by atoms with Gasteiger partial charge in [0, 0.05) is 87.3 Å². The van der Waals surface area contributed by atoms with E-state index in [-0.39, 0.29) is 0 Å². The van der Waals surface area contributed by atoms with E-state index in [2.05, 4.69) is 67.7 Å². The van der Waals surface area contributed by atoms with E-state index in [1.165, 1.54) is 48.7 Å². The lowest BCUT2D eigenvalue weighted by atomic mass is 9.74. The SMILES string of the molecule is O=C(C1CC1)N1CCN(c2ccnn3cc(-c4ccc(N5CC6(CNC6)C5)cc4)cc23)CC1. The van der Waals surface area contributed by atoms with Crippen LogP contribution in [-0.4, -0.2) is 72.8 Å². The molecule has 7 nitrogen and oxygen atoms in total. The first kappa shape index (κ1) is 19.4. The molecule has 3 aliphatic heterocycles. The molecule has 3 saturated heterocycles. The van der Waals surface area contributed by atoms with Crippen LogP contribution in [0, 0.1) is 11.3 Å². The van der Waals surface area contributed by atoms with Crippen LogP contribution in [0.3, 0.4) is 0 Å². The van der Waals surface area contributed by atoms with E-state index in [1.807, 2.05) is 10.7 Å². The molecule has 0 radical (unpaired) electrons. The largest absolute Gasteiger partial charge is 0.370 e. The summed E-state index contributed by atoms with van der Waals surface area (Å²) < 4.78 is 1.99.